The van der Waals surface area contributed by atoms with Crippen molar-refractivity contribution in [2.45, 2.75) is 11.3 Å². The Morgan fingerprint density at radius 1 is 1.22 bits per heavy atom. The first-order valence-electron chi connectivity index (χ1n) is 7.79. The molecule has 0 bridgehead atoms. The number of sulfonamides is 1. The standard InChI is InChI=1S/C16H21N3O3S/c20-23(21,18-6-2-8-19-9-11-22-12-10-19)16-4-1-3-14-13-17-7-5-15(14)16/h1,3-5,7,13,18H,2,6,8-12H2. The van der Waals surface area contributed by atoms with Crippen LogP contribution in [0.5, 0.6) is 0 Å². The van der Waals surface area contributed by atoms with Crippen molar-refractivity contribution in [3.05, 3.63) is 36.7 Å². The van der Waals surface area contributed by atoms with Crippen LogP contribution in [0.25, 0.3) is 10.8 Å². The molecule has 7 heteroatoms. The SMILES string of the molecule is O=S(=O)(NCCCN1CCOCC1)c1cccc2cnccc12. The van der Waals surface area contributed by atoms with E-state index in [1.54, 1.807) is 30.6 Å². The molecule has 2 heterocycles. The Balaban J connectivity index is 1.62. The number of rotatable bonds is 6. The second-order valence-corrected chi connectivity index (χ2v) is 7.29. The number of aromatic nitrogens is 1. The summed E-state index contributed by atoms with van der Waals surface area (Å²) < 4.78 is 33.1. The highest BCUT2D eigenvalue weighted by Crippen LogP contribution is 2.21. The number of morpholine rings is 1. The first kappa shape index (κ1) is 16.3. The molecule has 0 radical (unpaired) electrons. The Kier molecular flexibility index (Phi) is 5.22. The van der Waals surface area contributed by atoms with E-state index < -0.39 is 10.0 Å². The molecule has 1 aliphatic heterocycles. The topological polar surface area (TPSA) is 71.5 Å². The molecule has 0 aliphatic carbocycles. The molecule has 1 aromatic carbocycles. The zero-order valence-electron chi connectivity index (χ0n) is 12.9. The van der Waals surface area contributed by atoms with Crippen LogP contribution in [0.1, 0.15) is 6.42 Å². The van der Waals surface area contributed by atoms with Gasteiger partial charge < -0.3 is 4.74 Å². The van der Waals surface area contributed by atoms with E-state index in [4.69, 9.17) is 4.74 Å². The second-order valence-electron chi connectivity index (χ2n) is 5.56. The lowest BCUT2D eigenvalue weighted by Gasteiger charge is -2.26. The molecule has 124 valence electrons. The van der Waals surface area contributed by atoms with Gasteiger partial charge in [0.05, 0.1) is 18.1 Å². The highest BCUT2D eigenvalue weighted by molar-refractivity contribution is 7.89. The van der Waals surface area contributed by atoms with Gasteiger partial charge >= 0.3 is 0 Å². The van der Waals surface area contributed by atoms with Crippen LogP contribution in [-0.4, -0.2) is 57.7 Å². The van der Waals surface area contributed by atoms with Gasteiger partial charge in [-0.25, -0.2) is 13.1 Å². The monoisotopic (exact) mass is 335 g/mol. The van der Waals surface area contributed by atoms with Crippen molar-refractivity contribution in [2.75, 3.05) is 39.4 Å². The van der Waals surface area contributed by atoms with Gasteiger partial charge in [0.25, 0.3) is 0 Å². The van der Waals surface area contributed by atoms with E-state index in [-0.39, 0.29) is 0 Å². The molecule has 6 nitrogen and oxygen atoms in total. The zero-order chi connectivity index (χ0) is 16.1. The first-order chi connectivity index (χ1) is 11.2. The van der Waals surface area contributed by atoms with Gasteiger partial charge in [0.15, 0.2) is 0 Å². The Bertz CT molecular complexity index is 753. The van der Waals surface area contributed by atoms with Crippen LogP contribution in [0.2, 0.25) is 0 Å². The third-order valence-electron chi connectivity index (χ3n) is 3.98. The number of fused-ring (bicyclic) bond motifs is 1. The molecular formula is C16H21N3O3S. The number of pyridine rings is 1. The highest BCUT2D eigenvalue weighted by atomic mass is 32.2. The minimum absolute atomic E-state index is 0.309. The van der Waals surface area contributed by atoms with Crippen molar-refractivity contribution < 1.29 is 13.2 Å². The molecule has 0 amide bonds. The molecule has 0 spiro atoms. The Labute approximate surface area is 136 Å². The summed E-state index contributed by atoms with van der Waals surface area (Å²) in [5, 5.41) is 1.52. The van der Waals surface area contributed by atoms with E-state index in [0.717, 1.165) is 44.7 Å². The minimum atomic E-state index is -3.51. The van der Waals surface area contributed by atoms with Gasteiger partial charge in [-0.2, -0.15) is 0 Å². The molecule has 1 fully saturated rings. The molecule has 0 unspecified atom stereocenters. The van der Waals surface area contributed by atoms with E-state index in [2.05, 4.69) is 14.6 Å². The maximum atomic E-state index is 12.5. The number of hydrogen-bond acceptors (Lipinski definition) is 5. The highest BCUT2D eigenvalue weighted by Gasteiger charge is 2.17. The molecule has 1 saturated heterocycles. The molecule has 0 saturated carbocycles. The van der Waals surface area contributed by atoms with Crippen LogP contribution in [0.15, 0.2) is 41.6 Å². The van der Waals surface area contributed by atoms with Crippen molar-refractivity contribution in [1.82, 2.24) is 14.6 Å². The van der Waals surface area contributed by atoms with Crippen molar-refractivity contribution in [3.8, 4) is 0 Å². The van der Waals surface area contributed by atoms with Crippen molar-refractivity contribution in [1.29, 1.82) is 0 Å². The summed E-state index contributed by atoms with van der Waals surface area (Å²) in [6, 6.07) is 6.97. The third kappa shape index (κ3) is 4.06. The Morgan fingerprint density at radius 2 is 2.04 bits per heavy atom. The van der Waals surface area contributed by atoms with Gasteiger partial charge in [-0.05, 0) is 25.1 Å². The van der Waals surface area contributed by atoms with Gasteiger partial charge in [-0.1, -0.05) is 12.1 Å². The van der Waals surface area contributed by atoms with E-state index in [1.807, 2.05) is 6.07 Å². The molecule has 1 aliphatic rings. The molecule has 3 rings (SSSR count). The van der Waals surface area contributed by atoms with E-state index in [1.165, 1.54) is 0 Å². The maximum absolute atomic E-state index is 12.5. The largest absolute Gasteiger partial charge is 0.379 e. The molecular weight excluding hydrogens is 314 g/mol. The lowest BCUT2D eigenvalue weighted by Crippen LogP contribution is -2.38. The lowest BCUT2D eigenvalue weighted by molar-refractivity contribution is 0.0376. The summed E-state index contributed by atoms with van der Waals surface area (Å²) in [6.45, 7) is 4.67. The van der Waals surface area contributed by atoms with Crippen LogP contribution >= 0.6 is 0 Å². The number of nitrogens with zero attached hydrogens (tertiary/aromatic N) is 2. The van der Waals surface area contributed by atoms with Crippen LogP contribution < -0.4 is 4.72 Å². The molecule has 2 aromatic rings. The fourth-order valence-corrected chi connectivity index (χ4v) is 4.04. The van der Waals surface area contributed by atoms with Crippen LogP contribution in [0.3, 0.4) is 0 Å². The Morgan fingerprint density at radius 3 is 2.87 bits per heavy atom. The fraction of sp³-hybridized carbons (Fsp3) is 0.438. The first-order valence-corrected chi connectivity index (χ1v) is 9.28. The van der Waals surface area contributed by atoms with Gasteiger partial charge in [0, 0.05) is 42.8 Å². The molecule has 23 heavy (non-hydrogen) atoms. The summed E-state index contributed by atoms with van der Waals surface area (Å²) in [5.41, 5.74) is 0. The van der Waals surface area contributed by atoms with Crippen molar-refractivity contribution in [3.63, 3.8) is 0 Å². The molecule has 1 aromatic heterocycles. The number of ether oxygens (including phenoxy) is 1. The van der Waals surface area contributed by atoms with Gasteiger partial charge in [-0.15, -0.1) is 0 Å². The third-order valence-corrected chi connectivity index (χ3v) is 5.50. The fourth-order valence-electron chi connectivity index (χ4n) is 2.74. The minimum Gasteiger partial charge on any atom is -0.379 e. The normalized spacial score (nSPS) is 16.7. The maximum Gasteiger partial charge on any atom is 0.241 e. The lowest BCUT2D eigenvalue weighted by atomic mass is 10.2. The predicted octanol–water partition coefficient (Wildman–Crippen LogP) is 1.24. The van der Waals surface area contributed by atoms with E-state index in [0.29, 0.717) is 16.8 Å². The summed E-state index contributed by atoms with van der Waals surface area (Å²) in [5.74, 6) is 0. The number of hydrogen-bond donors (Lipinski definition) is 1. The second kappa shape index (κ2) is 7.35. The zero-order valence-corrected chi connectivity index (χ0v) is 13.8. The van der Waals surface area contributed by atoms with Crippen molar-refractivity contribution in [2.24, 2.45) is 0 Å². The summed E-state index contributed by atoms with van der Waals surface area (Å²) >= 11 is 0. The molecule has 0 atom stereocenters. The summed E-state index contributed by atoms with van der Waals surface area (Å²) in [4.78, 5) is 6.63. The van der Waals surface area contributed by atoms with Crippen LogP contribution in [-0.2, 0) is 14.8 Å². The van der Waals surface area contributed by atoms with Gasteiger partial charge in [0.2, 0.25) is 10.0 Å². The quantitative estimate of drug-likeness (QED) is 0.804. The number of nitrogens with one attached hydrogen (secondary N) is 1. The van der Waals surface area contributed by atoms with Gasteiger partial charge in [0.1, 0.15) is 0 Å². The average molecular weight is 335 g/mol. The predicted molar refractivity (Wildman–Crippen MR) is 88.8 cm³/mol. The Hall–Kier alpha value is -1.54. The van der Waals surface area contributed by atoms with Gasteiger partial charge in [-0.3, -0.25) is 9.88 Å². The van der Waals surface area contributed by atoms with E-state index >= 15 is 0 Å². The average Bonchev–Trinajstić information content (AvgIpc) is 2.59. The van der Waals surface area contributed by atoms with Crippen LogP contribution in [0, 0.1) is 0 Å². The number of benzene rings is 1. The molecule has 1 N–H and O–H groups in total. The van der Waals surface area contributed by atoms with Crippen LogP contribution in [0.4, 0.5) is 0 Å². The summed E-state index contributed by atoms with van der Waals surface area (Å²) in [6.07, 6.45) is 4.07. The van der Waals surface area contributed by atoms with E-state index in [9.17, 15) is 8.42 Å². The smallest absolute Gasteiger partial charge is 0.241 e. The van der Waals surface area contributed by atoms with Crippen molar-refractivity contribution >= 4 is 20.8 Å². The summed E-state index contributed by atoms with van der Waals surface area (Å²) in [7, 11) is -3.51.